The molecule has 1 N–H and O–H groups in total. The first-order valence-electron chi connectivity index (χ1n) is 5.73. The van der Waals surface area contributed by atoms with Gasteiger partial charge in [-0.25, -0.2) is 4.98 Å². The Morgan fingerprint density at radius 1 is 1.41 bits per heavy atom. The lowest BCUT2D eigenvalue weighted by Crippen LogP contribution is -2.20. The predicted octanol–water partition coefficient (Wildman–Crippen LogP) is 3.39. The van der Waals surface area contributed by atoms with E-state index in [1.54, 1.807) is 11.3 Å². The SMILES string of the molecule is Cc1csc(NC2CCOc3ccccc32)n1. The van der Waals surface area contributed by atoms with E-state index in [0.717, 1.165) is 29.6 Å². The molecule has 0 amide bonds. The molecule has 0 saturated carbocycles. The van der Waals surface area contributed by atoms with Crippen molar-refractivity contribution in [2.24, 2.45) is 0 Å². The largest absolute Gasteiger partial charge is 0.493 e. The molecule has 0 radical (unpaired) electrons. The smallest absolute Gasteiger partial charge is 0.183 e. The van der Waals surface area contributed by atoms with E-state index >= 15 is 0 Å². The van der Waals surface area contributed by atoms with Crippen LogP contribution in [0.3, 0.4) is 0 Å². The molecule has 17 heavy (non-hydrogen) atoms. The lowest BCUT2D eigenvalue weighted by Gasteiger charge is -2.26. The maximum absolute atomic E-state index is 5.64. The molecule has 0 aliphatic carbocycles. The summed E-state index contributed by atoms with van der Waals surface area (Å²) in [5.74, 6) is 0.990. The lowest BCUT2D eigenvalue weighted by molar-refractivity contribution is 0.274. The van der Waals surface area contributed by atoms with Gasteiger partial charge in [0.25, 0.3) is 0 Å². The van der Waals surface area contributed by atoms with Gasteiger partial charge in [0.15, 0.2) is 5.13 Å². The Labute approximate surface area is 104 Å². The first kappa shape index (κ1) is 10.6. The molecule has 0 spiro atoms. The summed E-state index contributed by atoms with van der Waals surface area (Å²) in [5, 5.41) is 6.54. The molecule has 1 aliphatic rings. The maximum Gasteiger partial charge on any atom is 0.183 e. The van der Waals surface area contributed by atoms with E-state index in [0.29, 0.717) is 6.04 Å². The van der Waals surface area contributed by atoms with Crippen LogP contribution in [0.15, 0.2) is 29.6 Å². The summed E-state index contributed by atoms with van der Waals surface area (Å²) >= 11 is 1.65. The quantitative estimate of drug-likeness (QED) is 0.882. The molecule has 4 heteroatoms. The fourth-order valence-corrected chi connectivity index (χ4v) is 2.80. The number of thiazole rings is 1. The first-order valence-corrected chi connectivity index (χ1v) is 6.61. The average Bonchev–Trinajstić information content (AvgIpc) is 2.75. The molecule has 1 aromatic carbocycles. The highest BCUT2D eigenvalue weighted by atomic mass is 32.1. The Balaban J connectivity index is 1.85. The zero-order valence-corrected chi connectivity index (χ0v) is 10.5. The van der Waals surface area contributed by atoms with Crippen molar-refractivity contribution in [2.75, 3.05) is 11.9 Å². The van der Waals surface area contributed by atoms with E-state index < -0.39 is 0 Å². The number of aromatic nitrogens is 1. The first-order chi connectivity index (χ1) is 8.33. The van der Waals surface area contributed by atoms with E-state index in [1.807, 2.05) is 19.1 Å². The Morgan fingerprint density at radius 3 is 3.12 bits per heavy atom. The topological polar surface area (TPSA) is 34.1 Å². The third-order valence-corrected chi connectivity index (χ3v) is 3.77. The minimum Gasteiger partial charge on any atom is -0.493 e. The summed E-state index contributed by atoms with van der Waals surface area (Å²) in [6.07, 6.45) is 0.982. The van der Waals surface area contributed by atoms with Crippen LogP contribution in [-0.4, -0.2) is 11.6 Å². The number of nitrogens with one attached hydrogen (secondary N) is 1. The van der Waals surface area contributed by atoms with Gasteiger partial charge in [0.1, 0.15) is 5.75 Å². The second kappa shape index (κ2) is 4.37. The molecule has 1 atom stereocenters. The van der Waals surface area contributed by atoms with Crippen LogP contribution < -0.4 is 10.1 Å². The van der Waals surface area contributed by atoms with Gasteiger partial charge in [0, 0.05) is 17.4 Å². The monoisotopic (exact) mass is 246 g/mol. The fraction of sp³-hybridized carbons (Fsp3) is 0.308. The minimum absolute atomic E-state index is 0.311. The van der Waals surface area contributed by atoms with Crippen molar-refractivity contribution in [3.63, 3.8) is 0 Å². The molecule has 0 bridgehead atoms. The summed E-state index contributed by atoms with van der Waals surface area (Å²) in [7, 11) is 0. The number of hydrogen-bond acceptors (Lipinski definition) is 4. The zero-order chi connectivity index (χ0) is 11.7. The van der Waals surface area contributed by atoms with Gasteiger partial charge in [-0.2, -0.15) is 0 Å². The van der Waals surface area contributed by atoms with Gasteiger partial charge < -0.3 is 10.1 Å². The zero-order valence-electron chi connectivity index (χ0n) is 9.64. The standard InChI is InChI=1S/C13H14N2OS/c1-9-8-17-13(14-9)15-11-6-7-16-12-5-3-2-4-10(11)12/h2-5,8,11H,6-7H2,1H3,(H,14,15). The molecule has 1 aromatic heterocycles. The maximum atomic E-state index is 5.64. The third-order valence-electron chi connectivity index (χ3n) is 2.88. The van der Waals surface area contributed by atoms with E-state index in [1.165, 1.54) is 5.56 Å². The van der Waals surface area contributed by atoms with Crippen molar-refractivity contribution in [3.05, 3.63) is 40.9 Å². The van der Waals surface area contributed by atoms with Crippen molar-refractivity contribution in [1.82, 2.24) is 4.98 Å². The molecule has 1 unspecified atom stereocenters. The normalized spacial score (nSPS) is 18.3. The highest BCUT2D eigenvalue weighted by Crippen LogP contribution is 2.34. The number of nitrogens with zero attached hydrogens (tertiary/aromatic N) is 1. The summed E-state index contributed by atoms with van der Waals surface area (Å²) in [4.78, 5) is 4.44. The highest BCUT2D eigenvalue weighted by molar-refractivity contribution is 7.13. The van der Waals surface area contributed by atoms with Gasteiger partial charge >= 0.3 is 0 Å². The van der Waals surface area contributed by atoms with Gasteiger partial charge in [-0.1, -0.05) is 18.2 Å². The predicted molar refractivity (Wildman–Crippen MR) is 69.8 cm³/mol. The Bertz CT molecular complexity index is 524. The van der Waals surface area contributed by atoms with Crippen molar-refractivity contribution >= 4 is 16.5 Å². The van der Waals surface area contributed by atoms with Crippen molar-refractivity contribution in [1.29, 1.82) is 0 Å². The lowest BCUT2D eigenvalue weighted by atomic mass is 10.0. The number of hydrogen-bond donors (Lipinski definition) is 1. The molecule has 0 fully saturated rings. The minimum atomic E-state index is 0.311. The molecule has 2 aromatic rings. The second-order valence-corrected chi connectivity index (χ2v) is 5.02. The summed E-state index contributed by atoms with van der Waals surface area (Å²) in [6.45, 7) is 2.78. The summed E-state index contributed by atoms with van der Waals surface area (Å²) < 4.78 is 5.64. The number of fused-ring (bicyclic) bond motifs is 1. The van der Waals surface area contributed by atoms with Gasteiger partial charge in [-0.3, -0.25) is 0 Å². The Hall–Kier alpha value is -1.55. The van der Waals surface area contributed by atoms with E-state index in [2.05, 4.69) is 27.8 Å². The van der Waals surface area contributed by atoms with Crippen LogP contribution in [0.4, 0.5) is 5.13 Å². The summed E-state index contributed by atoms with van der Waals surface area (Å²) in [6, 6.07) is 8.51. The molecule has 0 saturated heterocycles. The highest BCUT2D eigenvalue weighted by Gasteiger charge is 2.21. The molecule has 88 valence electrons. The molecule has 2 heterocycles. The van der Waals surface area contributed by atoms with Gasteiger partial charge in [0.2, 0.25) is 0 Å². The van der Waals surface area contributed by atoms with Gasteiger partial charge in [0.05, 0.1) is 18.3 Å². The average molecular weight is 246 g/mol. The number of aryl methyl sites for hydroxylation is 1. The number of rotatable bonds is 2. The molecular weight excluding hydrogens is 232 g/mol. The molecule has 3 rings (SSSR count). The van der Waals surface area contributed by atoms with Gasteiger partial charge in [-0.15, -0.1) is 11.3 Å². The van der Waals surface area contributed by atoms with Crippen LogP contribution in [0.2, 0.25) is 0 Å². The molecular formula is C13H14N2OS. The number of ether oxygens (including phenoxy) is 1. The fourth-order valence-electron chi connectivity index (χ4n) is 2.06. The van der Waals surface area contributed by atoms with Crippen LogP contribution >= 0.6 is 11.3 Å². The summed E-state index contributed by atoms with van der Waals surface area (Å²) in [5.41, 5.74) is 2.30. The second-order valence-electron chi connectivity index (χ2n) is 4.17. The van der Waals surface area contributed by atoms with E-state index in [-0.39, 0.29) is 0 Å². The van der Waals surface area contributed by atoms with Crippen molar-refractivity contribution in [3.8, 4) is 5.75 Å². The van der Waals surface area contributed by atoms with Crippen molar-refractivity contribution < 1.29 is 4.74 Å². The van der Waals surface area contributed by atoms with Crippen LogP contribution in [0.5, 0.6) is 5.75 Å². The van der Waals surface area contributed by atoms with Crippen LogP contribution in [-0.2, 0) is 0 Å². The number of anilines is 1. The van der Waals surface area contributed by atoms with Crippen LogP contribution in [0.25, 0.3) is 0 Å². The van der Waals surface area contributed by atoms with Gasteiger partial charge in [-0.05, 0) is 13.0 Å². The molecule has 1 aliphatic heterocycles. The van der Waals surface area contributed by atoms with E-state index in [9.17, 15) is 0 Å². The van der Waals surface area contributed by atoms with Crippen LogP contribution in [0, 0.1) is 6.92 Å². The Kier molecular flexibility index (Phi) is 2.73. The van der Waals surface area contributed by atoms with E-state index in [4.69, 9.17) is 4.74 Å². The third kappa shape index (κ3) is 2.13. The Morgan fingerprint density at radius 2 is 2.29 bits per heavy atom. The molecule has 3 nitrogen and oxygen atoms in total. The number of benzene rings is 1. The van der Waals surface area contributed by atoms with Crippen molar-refractivity contribution in [2.45, 2.75) is 19.4 Å². The van der Waals surface area contributed by atoms with Crippen LogP contribution in [0.1, 0.15) is 23.7 Å². The number of para-hydroxylation sites is 1.